The molecular formula is C6H10BrF2NO2S. The minimum Gasteiger partial charge on any atom is -0.210 e. The third-order valence-corrected chi connectivity index (χ3v) is 4.33. The van der Waals surface area contributed by atoms with Crippen molar-refractivity contribution in [3.8, 4) is 0 Å². The van der Waals surface area contributed by atoms with Gasteiger partial charge in [-0.2, -0.15) is 8.78 Å². The summed E-state index contributed by atoms with van der Waals surface area (Å²) in [6, 6.07) is 0. The van der Waals surface area contributed by atoms with Crippen molar-refractivity contribution in [2.45, 2.75) is 18.6 Å². The Kier molecular flexibility index (Phi) is 3.29. The molecule has 1 aliphatic carbocycles. The Morgan fingerprint density at radius 2 is 2.00 bits per heavy atom. The van der Waals surface area contributed by atoms with Crippen LogP contribution in [0.4, 0.5) is 8.78 Å². The van der Waals surface area contributed by atoms with Crippen molar-refractivity contribution in [3.63, 3.8) is 0 Å². The average molecular weight is 278 g/mol. The number of nitrogens with one attached hydrogen (secondary N) is 1. The summed E-state index contributed by atoms with van der Waals surface area (Å²) >= 11 is 3.22. The van der Waals surface area contributed by atoms with Crippen molar-refractivity contribution >= 4 is 26.0 Å². The molecule has 0 bridgehead atoms. The average Bonchev–Trinajstić information content (AvgIpc) is 2.81. The molecule has 0 aromatic heterocycles. The lowest BCUT2D eigenvalue weighted by Gasteiger charge is -2.12. The molecule has 0 amide bonds. The van der Waals surface area contributed by atoms with Crippen molar-refractivity contribution in [2.24, 2.45) is 5.41 Å². The summed E-state index contributed by atoms with van der Waals surface area (Å²) in [6.45, 7) is 0.102. The molecule has 0 atom stereocenters. The van der Waals surface area contributed by atoms with Crippen LogP contribution >= 0.6 is 15.9 Å². The van der Waals surface area contributed by atoms with Gasteiger partial charge in [0.1, 0.15) is 0 Å². The van der Waals surface area contributed by atoms with Crippen LogP contribution in [0.1, 0.15) is 12.8 Å². The molecule has 0 spiro atoms. The molecule has 7 heteroatoms. The van der Waals surface area contributed by atoms with Gasteiger partial charge in [0.15, 0.2) is 0 Å². The lowest BCUT2D eigenvalue weighted by Crippen LogP contribution is -2.34. The summed E-state index contributed by atoms with van der Waals surface area (Å²) in [5.74, 6) is -3.33. The first-order valence-corrected chi connectivity index (χ1v) is 6.41. The van der Waals surface area contributed by atoms with Gasteiger partial charge in [0, 0.05) is 11.9 Å². The fourth-order valence-corrected chi connectivity index (χ4v) is 2.24. The van der Waals surface area contributed by atoms with Gasteiger partial charge in [-0.1, -0.05) is 15.9 Å². The second-order valence-corrected chi connectivity index (χ2v) is 5.56. The predicted octanol–water partition coefficient (Wildman–Crippen LogP) is 1.30. The second-order valence-electron chi connectivity index (χ2n) is 3.26. The zero-order valence-corrected chi connectivity index (χ0v) is 9.17. The second kappa shape index (κ2) is 3.78. The van der Waals surface area contributed by atoms with Crippen LogP contribution in [0.2, 0.25) is 0 Å². The molecule has 13 heavy (non-hydrogen) atoms. The van der Waals surface area contributed by atoms with E-state index in [4.69, 9.17) is 0 Å². The minimum absolute atomic E-state index is 0.102. The van der Waals surface area contributed by atoms with E-state index >= 15 is 0 Å². The largest absolute Gasteiger partial charge is 0.350 e. The van der Waals surface area contributed by atoms with Crippen LogP contribution in [-0.2, 0) is 10.0 Å². The standard InChI is InChI=1S/C6H10BrF2NO2S/c7-3-6(1-2-6)4-10-13(11,12)5(8)9/h5,10H,1-4H2. The van der Waals surface area contributed by atoms with Crippen molar-refractivity contribution in [3.05, 3.63) is 0 Å². The van der Waals surface area contributed by atoms with Gasteiger partial charge in [-0.05, 0) is 18.3 Å². The smallest absolute Gasteiger partial charge is 0.210 e. The molecule has 0 aromatic carbocycles. The third kappa shape index (κ3) is 2.85. The van der Waals surface area contributed by atoms with E-state index in [2.05, 4.69) is 15.9 Å². The summed E-state index contributed by atoms with van der Waals surface area (Å²) in [6.07, 6.45) is 1.76. The molecule has 0 aromatic rings. The molecule has 1 fully saturated rings. The maximum Gasteiger partial charge on any atom is 0.350 e. The van der Waals surface area contributed by atoms with Crippen molar-refractivity contribution in [2.75, 3.05) is 11.9 Å². The number of hydrogen-bond acceptors (Lipinski definition) is 2. The van der Waals surface area contributed by atoms with Gasteiger partial charge in [-0.15, -0.1) is 0 Å². The molecule has 0 heterocycles. The summed E-state index contributed by atoms with van der Waals surface area (Å²) in [7, 11) is -4.41. The minimum atomic E-state index is -4.41. The van der Waals surface area contributed by atoms with E-state index < -0.39 is 15.8 Å². The molecule has 1 rings (SSSR count). The van der Waals surface area contributed by atoms with Crippen molar-refractivity contribution < 1.29 is 17.2 Å². The van der Waals surface area contributed by atoms with Crippen LogP contribution in [0.25, 0.3) is 0 Å². The van der Waals surface area contributed by atoms with E-state index in [0.717, 1.165) is 12.8 Å². The number of alkyl halides is 3. The maximum atomic E-state index is 11.8. The van der Waals surface area contributed by atoms with Gasteiger partial charge in [0.25, 0.3) is 10.0 Å². The lowest BCUT2D eigenvalue weighted by atomic mass is 10.1. The van der Waals surface area contributed by atoms with Crippen LogP contribution < -0.4 is 4.72 Å². The van der Waals surface area contributed by atoms with Gasteiger partial charge < -0.3 is 0 Å². The molecular weight excluding hydrogens is 268 g/mol. The molecule has 1 aliphatic rings. The number of sulfonamides is 1. The van der Waals surface area contributed by atoms with E-state index in [-0.39, 0.29) is 12.0 Å². The summed E-state index contributed by atoms with van der Waals surface area (Å²) in [5.41, 5.74) is -0.123. The Morgan fingerprint density at radius 3 is 2.31 bits per heavy atom. The molecule has 0 radical (unpaired) electrons. The van der Waals surface area contributed by atoms with E-state index in [0.29, 0.717) is 5.33 Å². The SMILES string of the molecule is O=S(=O)(NCC1(CBr)CC1)C(F)F. The van der Waals surface area contributed by atoms with E-state index in [1.165, 1.54) is 0 Å². The zero-order valence-electron chi connectivity index (χ0n) is 6.76. The Bertz CT molecular complexity index is 276. The topological polar surface area (TPSA) is 46.2 Å². The predicted molar refractivity (Wildman–Crippen MR) is 48.4 cm³/mol. The van der Waals surface area contributed by atoms with Crippen LogP contribution in [0.5, 0.6) is 0 Å². The van der Waals surface area contributed by atoms with Gasteiger partial charge in [0.05, 0.1) is 0 Å². The molecule has 1 N–H and O–H groups in total. The molecule has 0 unspecified atom stereocenters. The Labute approximate surface area is 84.1 Å². The Balaban J connectivity index is 2.43. The van der Waals surface area contributed by atoms with Crippen LogP contribution in [0, 0.1) is 5.41 Å². The Hall–Kier alpha value is 0.250. The zero-order chi connectivity index (χ0) is 10.1. The van der Waals surface area contributed by atoms with Crippen molar-refractivity contribution in [1.82, 2.24) is 4.72 Å². The number of hydrogen-bond donors (Lipinski definition) is 1. The molecule has 0 aliphatic heterocycles. The normalized spacial score (nSPS) is 20.6. The van der Waals surface area contributed by atoms with Crippen molar-refractivity contribution in [1.29, 1.82) is 0 Å². The van der Waals surface area contributed by atoms with E-state index in [9.17, 15) is 17.2 Å². The first-order chi connectivity index (χ1) is 5.92. The first-order valence-electron chi connectivity index (χ1n) is 3.74. The summed E-state index contributed by atoms with van der Waals surface area (Å²) in [4.78, 5) is 0. The van der Waals surface area contributed by atoms with E-state index in [1.807, 2.05) is 4.72 Å². The highest BCUT2D eigenvalue weighted by molar-refractivity contribution is 9.09. The molecule has 3 nitrogen and oxygen atoms in total. The van der Waals surface area contributed by atoms with Crippen LogP contribution in [-0.4, -0.2) is 26.1 Å². The highest BCUT2D eigenvalue weighted by Crippen LogP contribution is 2.46. The summed E-state index contributed by atoms with van der Waals surface area (Å²) in [5, 5.41) is 0.645. The third-order valence-electron chi connectivity index (χ3n) is 2.12. The Morgan fingerprint density at radius 1 is 1.46 bits per heavy atom. The first kappa shape index (κ1) is 11.3. The highest BCUT2D eigenvalue weighted by atomic mass is 79.9. The van der Waals surface area contributed by atoms with Gasteiger partial charge >= 0.3 is 5.76 Å². The summed E-state index contributed by atoms with van der Waals surface area (Å²) < 4.78 is 46.9. The monoisotopic (exact) mass is 277 g/mol. The van der Waals surface area contributed by atoms with Crippen LogP contribution in [0.3, 0.4) is 0 Å². The fourth-order valence-electron chi connectivity index (χ4n) is 0.851. The maximum absolute atomic E-state index is 11.8. The number of halogens is 3. The van der Waals surface area contributed by atoms with Crippen LogP contribution in [0.15, 0.2) is 0 Å². The van der Waals surface area contributed by atoms with E-state index in [1.54, 1.807) is 0 Å². The van der Waals surface area contributed by atoms with Gasteiger partial charge in [0.2, 0.25) is 0 Å². The van der Waals surface area contributed by atoms with Gasteiger partial charge in [-0.3, -0.25) is 0 Å². The van der Waals surface area contributed by atoms with Gasteiger partial charge in [-0.25, -0.2) is 13.1 Å². The molecule has 1 saturated carbocycles. The molecule has 0 saturated heterocycles. The number of rotatable bonds is 5. The molecule has 78 valence electrons. The lowest BCUT2D eigenvalue weighted by molar-refractivity contribution is 0.232. The fraction of sp³-hybridized carbons (Fsp3) is 1.00. The quantitative estimate of drug-likeness (QED) is 0.771. The highest BCUT2D eigenvalue weighted by Gasteiger charge is 2.42.